The maximum absolute atomic E-state index is 13.0. The molecule has 0 saturated carbocycles. The molecule has 6 atom stereocenters. The lowest BCUT2D eigenvalue weighted by molar-refractivity contribution is -0.161. The Morgan fingerprint density at radius 3 is 0.957 bits per heavy atom. The molecule has 17 nitrogen and oxygen atoms in total. The van der Waals surface area contributed by atoms with Crippen molar-refractivity contribution in [2.75, 3.05) is 39.6 Å². The molecule has 0 aromatic carbocycles. The van der Waals surface area contributed by atoms with E-state index in [1.54, 1.807) is 0 Å². The molecule has 0 aliphatic carbocycles. The van der Waals surface area contributed by atoms with Gasteiger partial charge in [-0.15, -0.1) is 0 Å². The van der Waals surface area contributed by atoms with Crippen LogP contribution in [0.15, 0.2) is 24.3 Å². The van der Waals surface area contributed by atoms with Gasteiger partial charge in [0.05, 0.1) is 26.4 Å². The summed E-state index contributed by atoms with van der Waals surface area (Å²) >= 11 is 0. The second-order valence-corrected chi connectivity index (χ2v) is 30.1. The Morgan fingerprint density at radius 2 is 0.634 bits per heavy atom. The van der Waals surface area contributed by atoms with Gasteiger partial charge >= 0.3 is 39.5 Å². The molecule has 19 heteroatoms. The lowest BCUT2D eigenvalue weighted by Crippen LogP contribution is -2.30. The number of allylic oxidation sites excluding steroid dienone is 4. The van der Waals surface area contributed by atoms with Crippen LogP contribution in [-0.2, 0) is 65.4 Å². The number of aliphatic hydroxyl groups is 1. The van der Waals surface area contributed by atoms with Crippen molar-refractivity contribution in [2.45, 2.75) is 369 Å². The predicted octanol–water partition coefficient (Wildman–Crippen LogP) is 21.0. The van der Waals surface area contributed by atoms with Gasteiger partial charge in [-0.25, -0.2) is 9.13 Å². The lowest BCUT2D eigenvalue weighted by Gasteiger charge is -2.21. The minimum Gasteiger partial charge on any atom is -0.462 e. The highest BCUT2D eigenvalue weighted by Gasteiger charge is 2.30. The van der Waals surface area contributed by atoms with Crippen molar-refractivity contribution in [1.82, 2.24) is 0 Å². The molecule has 0 aliphatic heterocycles. The van der Waals surface area contributed by atoms with E-state index in [2.05, 4.69) is 72.8 Å². The summed E-state index contributed by atoms with van der Waals surface area (Å²) < 4.78 is 68.4. The number of phosphoric ester groups is 2. The monoisotopic (exact) mass is 1360 g/mol. The number of unbranched alkanes of at least 4 members (excludes halogenated alkanes) is 34. The van der Waals surface area contributed by atoms with Gasteiger partial charge in [-0.05, 0) is 69.1 Å². The summed E-state index contributed by atoms with van der Waals surface area (Å²) in [6.07, 6.45) is 52.2. The fourth-order valence-corrected chi connectivity index (χ4v) is 12.3. The molecule has 0 rings (SSSR count). The minimum atomic E-state index is -4.96. The van der Waals surface area contributed by atoms with E-state index in [1.165, 1.54) is 141 Å². The first-order valence-electron chi connectivity index (χ1n) is 37.7. The number of rotatable bonds is 70. The van der Waals surface area contributed by atoms with Crippen molar-refractivity contribution < 1.29 is 80.2 Å². The van der Waals surface area contributed by atoms with E-state index in [-0.39, 0.29) is 25.7 Å². The molecule has 0 spiro atoms. The quantitative estimate of drug-likeness (QED) is 0.0169. The molecule has 0 aromatic rings. The highest BCUT2D eigenvalue weighted by Crippen LogP contribution is 2.45. The first-order valence-corrected chi connectivity index (χ1v) is 40.7. The molecule has 0 fully saturated rings. The first-order chi connectivity index (χ1) is 44.8. The standard InChI is InChI=1S/C74H140O17P2/c1-8-10-11-12-13-14-15-16-17-21-24-27-34-43-50-57-73(78)90-69(61-84-71(76)55-48-41-33-30-29-32-40-47-54-67(7)9-2)63-88-92(80,81)86-59-68(75)60-87-93(82,83)89-64-70(62-85-72(77)56-49-42-37-36-39-46-53-66(5)6)91-74(79)58-51-44-35-28-25-22-19-18-20-23-26-31-38-45-52-65(3)4/h14-17,65-70,75H,8-13,18-64H2,1-7H3,(H,80,81)(H,82,83)/b15-14-,17-16-/t67?,68-,69-,70-/m1/s1. The Morgan fingerprint density at radius 1 is 0.355 bits per heavy atom. The average molecular weight is 1360 g/mol. The van der Waals surface area contributed by atoms with Crippen LogP contribution in [-0.4, -0.2) is 96.7 Å². The molecular weight excluding hydrogens is 1220 g/mol. The molecule has 0 radical (unpaired) electrons. The number of esters is 4. The number of phosphoric acid groups is 2. The molecule has 3 unspecified atom stereocenters. The molecule has 548 valence electrons. The number of hydrogen-bond donors (Lipinski definition) is 3. The van der Waals surface area contributed by atoms with Gasteiger partial charge in [-0.3, -0.25) is 37.3 Å². The lowest BCUT2D eigenvalue weighted by atomic mass is 9.99. The predicted molar refractivity (Wildman–Crippen MR) is 377 cm³/mol. The Bertz CT molecular complexity index is 1910. The van der Waals surface area contributed by atoms with Crippen LogP contribution in [0.25, 0.3) is 0 Å². The normalized spacial score (nSPS) is 14.6. The SMILES string of the molecule is CCCCCC/C=C\C=C/CCCCCCCC(=O)O[C@H](COC(=O)CCCCCCCCCCC(C)CC)COP(=O)(O)OC[C@@H](O)COP(=O)(O)OC[C@@H](COC(=O)CCCCCCCCC(C)C)OC(=O)CCCCCCCCCCCCCCCCC(C)C. The van der Waals surface area contributed by atoms with Crippen molar-refractivity contribution in [3.8, 4) is 0 Å². The third-order valence-corrected chi connectivity index (χ3v) is 18.8. The summed E-state index contributed by atoms with van der Waals surface area (Å²) in [4.78, 5) is 72.7. The molecule has 0 aromatic heterocycles. The summed E-state index contributed by atoms with van der Waals surface area (Å²) in [5, 5.41) is 10.6. The zero-order valence-electron chi connectivity index (χ0n) is 60.2. The van der Waals surface area contributed by atoms with E-state index in [9.17, 15) is 43.2 Å². The number of ether oxygens (including phenoxy) is 4. The molecule has 0 amide bonds. The van der Waals surface area contributed by atoms with E-state index in [0.717, 1.165) is 121 Å². The van der Waals surface area contributed by atoms with Gasteiger partial charge in [-0.2, -0.15) is 0 Å². The van der Waals surface area contributed by atoms with Crippen molar-refractivity contribution >= 4 is 39.5 Å². The maximum atomic E-state index is 13.0. The molecule has 93 heavy (non-hydrogen) atoms. The van der Waals surface area contributed by atoms with E-state index in [0.29, 0.717) is 31.6 Å². The van der Waals surface area contributed by atoms with Crippen LogP contribution in [0, 0.1) is 17.8 Å². The van der Waals surface area contributed by atoms with Gasteiger partial charge in [0.15, 0.2) is 12.2 Å². The second-order valence-electron chi connectivity index (χ2n) is 27.2. The Labute approximate surface area is 567 Å². The fourth-order valence-electron chi connectivity index (χ4n) is 10.7. The number of hydrogen-bond acceptors (Lipinski definition) is 15. The highest BCUT2D eigenvalue weighted by molar-refractivity contribution is 7.47. The van der Waals surface area contributed by atoms with Gasteiger partial charge < -0.3 is 33.8 Å². The summed E-state index contributed by atoms with van der Waals surface area (Å²) in [6, 6.07) is 0. The smallest absolute Gasteiger partial charge is 0.462 e. The average Bonchev–Trinajstić information content (AvgIpc) is 2.93. The van der Waals surface area contributed by atoms with Crippen LogP contribution >= 0.6 is 15.6 Å². The summed E-state index contributed by atoms with van der Waals surface area (Å²) in [5.74, 6) is 0.0921. The third kappa shape index (κ3) is 66.6. The van der Waals surface area contributed by atoms with Crippen LogP contribution in [0.1, 0.15) is 350 Å². The topological polar surface area (TPSA) is 237 Å². The molecule has 0 aliphatic rings. The Kier molecular flexibility index (Phi) is 62.5. The van der Waals surface area contributed by atoms with Gasteiger partial charge in [-0.1, -0.05) is 297 Å². The number of aliphatic hydroxyl groups excluding tert-OH is 1. The van der Waals surface area contributed by atoms with Crippen LogP contribution in [0.2, 0.25) is 0 Å². The first kappa shape index (κ1) is 90.5. The number of carbonyl (C=O) groups excluding carboxylic acids is 4. The van der Waals surface area contributed by atoms with Gasteiger partial charge in [0.1, 0.15) is 19.3 Å². The van der Waals surface area contributed by atoms with Crippen LogP contribution in [0.3, 0.4) is 0 Å². The fraction of sp³-hybridized carbons (Fsp3) is 0.892. The Balaban J connectivity index is 5.27. The molecule has 3 N–H and O–H groups in total. The minimum absolute atomic E-state index is 0.0841. The van der Waals surface area contributed by atoms with Crippen LogP contribution in [0.4, 0.5) is 0 Å². The third-order valence-electron chi connectivity index (χ3n) is 16.9. The highest BCUT2D eigenvalue weighted by atomic mass is 31.2. The largest absolute Gasteiger partial charge is 0.472 e. The molecule has 0 bridgehead atoms. The van der Waals surface area contributed by atoms with Crippen molar-refractivity contribution in [3.05, 3.63) is 24.3 Å². The molecular formula is C74H140O17P2. The summed E-state index contributed by atoms with van der Waals surface area (Å²) in [6.45, 7) is 11.7. The van der Waals surface area contributed by atoms with Crippen molar-refractivity contribution in [2.24, 2.45) is 17.8 Å². The van der Waals surface area contributed by atoms with Gasteiger partial charge in [0.2, 0.25) is 0 Å². The zero-order chi connectivity index (χ0) is 68.7. The van der Waals surface area contributed by atoms with E-state index >= 15 is 0 Å². The summed E-state index contributed by atoms with van der Waals surface area (Å²) in [5.41, 5.74) is 0. The maximum Gasteiger partial charge on any atom is 0.472 e. The summed E-state index contributed by atoms with van der Waals surface area (Å²) in [7, 11) is -9.92. The molecule has 0 heterocycles. The zero-order valence-corrected chi connectivity index (χ0v) is 62.0. The number of carbonyl (C=O) groups is 4. The van der Waals surface area contributed by atoms with Crippen molar-refractivity contribution in [3.63, 3.8) is 0 Å². The van der Waals surface area contributed by atoms with Gasteiger partial charge in [0, 0.05) is 25.7 Å². The second kappa shape index (κ2) is 64.2. The van der Waals surface area contributed by atoms with E-state index < -0.39 is 97.5 Å². The van der Waals surface area contributed by atoms with Crippen molar-refractivity contribution in [1.29, 1.82) is 0 Å². The van der Waals surface area contributed by atoms with Gasteiger partial charge in [0.25, 0.3) is 0 Å². The van der Waals surface area contributed by atoms with E-state index in [1.807, 2.05) is 0 Å². The Hall–Kier alpha value is -2.46. The van der Waals surface area contributed by atoms with E-state index in [4.69, 9.17) is 37.0 Å². The van der Waals surface area contributed by atoms with Crippen LogP contribution in [0.5, 0.6) is 0 Å². The molecule has 0 saturated heterocycles. The van der Waals surface area contributed by atoms with Crippen LogP contribution < -0.4 is 0 Å².